The molecule has 1 rings (SSSR count). The van der Waals surface area contributed by atoms with Gasteiger partial charge in [-0.15, -0.1) is 0 Å². The summed E-state index contributed by atoms with van der Waals surface area (Å²) in [5.41, 5.74) is 1.83. The first-order chi connectivity index (χ1) is 11.2. The Morgan fingerprint density at radius 3 is 2.38 bits per heavy atom. The van der Waals surface area contributed by atoms with Gasteiger partial charge in [0.15, 0.2) is 0 Å². The van der Waals surface area contributed by atoms with Crippen LogP contribution in [0.4, 0.5) is 13.2 Å². The first-order valence-electron chi connectivity index (χ1n) is 7.97. The van der Waals surface area contributed by atoms with E-state index in [0.717, 1.165) is 11.1 Å². The van der Waals surface area contributed by atoms with Crippen LogP contribution in [0.15, 0.2) is 24.3 Å². The molecule has 0 heterocycles. The van der Waals surface area contributed by atoms with Crippen molar-refractivity contribution < 1.29 is 22.7 Å². The van der Waals surface area contributed by atoms with E-state index >= 15 is 0 Å². The molecule has 0 aromatic heterocycles. The van der Waals surface area contributed by atoms with Gasteiger partial charge in [-0.05, 0) is 24.0 Å². The molecule has 7 heteroatoms. The van der Waals surface area contributed by atoms with Gasteiger partial charge in [0.25, 0.3) is 0 Å². The maximum atomic E-state index is 12.4. The third kappa shape index (κ3) is 7.31. The van der Waals surface area contributed by atoms with Gasteiger partial charge in [0.2, 0.25) is 5.91 Å². The fourth-order valence-electron chi connectivity index (χ4n) is 2.23. The Morgan fingerprint density at radius 2 is 1.83 bits per heavy atom. The zero-order valence-electron chi connectivity index (χ0n) is 14.2. The zero-order valence-corrected chi connectivity index (χ0v) is 14.2. The Bertz CT molecular complexity index is 519. The quantitative estimate of drug-likeness (QED) is 0.723. The van der Waals surface area contributed by atoms with Crippen LogP contribution in [0.5, 0.6) is 0 Å². The second-order valence-electron chi connectivity index (χ2n) is 5.84. The number of carbonyl (C=O) groups is 1. The fourth-order valence-corrected chi connectivity index (χ4v) is 2.23. The SMILES string of the molecule is CCOCc1ccccc1CNC(=O)[C@H](NCC(F)(F)F)C(C)C. The highest BCUT2D eigenvalue weighted by molar-refractivity contribution is 5.82. The number of alkyl halides is 3. The zero-order chi connectivity index (χ0) is 18.2. The molecule has 0 aliphatic heterocycles. The smallest absolute Gasteiger partial charge is 0.377 e. The maximum absolute atomic E-state index is 12.4. The van der Waals surface area contributed by atoms with Gasteiger partial charge in [0.1, 0.15) is 0 Å². The molecule has 0 aliphatic rings. The number of carbonyl (C=O) groups excluding carboxylic acids is 1. The summed E-state index contributed by atoms with van der Waals surface area (Å²) in [6.45, 7) is 5.38. The average molecular weight is 346 g/mol. The topological polar surface area (TPSA) is 50.4 Å². The molecule has 0 aliphatic carbocycles. The Kier molecular flexibility index (Phi) is 8.21. The number of halogens is 3. The van der Waals surface area contributed by atoms with Crippen molar-refractivity contribution in [2.24, 2.45) is 5.92 Å². The van der Waals surface area contributed by atoms with Crippen LogP contribution < -0.4 is 10.6 Å². The van der Waals surface area contributed by atoms with Crippen LogP contribution >= 0.6 is 0 Å². The summed E-state index contributed by atoms with van der Waals surface area (Å²) in [7, 11) is 0. The van der Waals surface area contributed by atoms with Crippen molar-refractivity contribution in [1.82, 2.24) is 10.6 Å². The number of hydrogen-bond donors (Lipinski definition) is 2. The van der Waals surface area contributed by atoms with Crippen molar-refractivity contribution in [3.05, 3.63) is 35.4 Å². The number of amides is 1. The summed E-state index contributed by atoms with van der Waals surface area (Å²) in [5, 5.41) is 4.99. The van der Waals surface area contributed by atoms with Gasteiger partial charge in [-0.3, -0.25) is 10.1 Å². The van der Waals surface area contributed by atoms with Gasteiger partial charge in [-0.2, -0.15) is 13.2 Å². The van der Waals surface area contributed by atoms with Crippen molar-refractivity contribution >= 4 is 5.91 Å². The van der Waals surface area contributed by atoms with Crippen molar-refractivity contribution in [2.45, 2.75) is 46.1 Å². The molecule has 1 amide bonds. The molecule has 1 aromatic carbocycles. The molecule has 0 saturated heterocycles. The lowest BCUT2D eigenvalue weighted by molar-refractivity contribution is -0.133. The number of benzene rings is 1. The van der Waals surface area contributed by atoms with Crippen molar-refractivity contribution in [2.75, 3.05) is 13.2 Å². The summed E-state index contributed by atoms with van der Waals surface area (Å²) in [6.07, 6.45) is -4.35. The van der Waals surface area contributed by atoms with Gasteiger partial charge in [-0.1, -0.05) is 38.1 Å². The summed E-state index contributed by atoms with van der Waals surface area (Å²) in [5.74, 6) is -0.702. The Hall–Kier alpha value is -1.60. The molecular formula is C17H25F3N2O2. The van der Waals surface area contributed by atoms with Crippen LogP contribution in [-0.2, 0) is 22.7 Å². The lowest BCUT2D eigenvalue weighted by atomic mass is 10.0. The molecule has 4 nitrogen and oxygen atoms in total. The molecule has 136 valence electrons. The second-order valence-corrected chi connectivity index (χ2v) is 5.84. The van der Waals surface area contributed by atoms with Crippen LogP contribution in [0.25, 0.3) is 0 Å². The highest BCUT2D eigenvalue weighted by Crippen LogP contribution is 2.14. The van der Waals surface area contributed by atoms with E-state index in [1.807, 2.05) is 31.2 Å². The number of rotatable bonds is 9. The standard InChI is InChI=1S/C17H25F3N2O2/c1-4-24-10-14-8-6-5-7-13(14)9-21-16(23)15(12(2)3)22-11-17(18,19)20/h5-8,12,15,22H,4,9-11H2,1-3H3,(H,21,23)/t15-/m1/s1. The Labute approximate surface area is 140 Å². The molecule has 2 N–H and O–H groups in total. The van der Waals surface area contributed by atoms with E-state index in [2.05, 4.69) is 10.6 Å². The minimum absolute atomic E-state index is 0.249. The lowest BCUT2D eigenvalue weighted by Crippen LogP contribution is -2.49. The number of nitrogens with one attached hydrogen (secondary N) is 2. The van der Waals surface area contributed by atoms with E-state index in [9.17, 15) is 18.0 Å². The molecule has 0 spiro atoms. The number of ether oxygens (including phenoxy) is 1. The van der Waals surface area contributed by atoms with E-state index in [4.69, 9.17) is 4.74 Å². The lowest BCUT2D eigenvalue weighted by Gasteiger charge is -2.22. The van der Waals surface area contributed by atoms with Crippen LogP contribution in [0.2, 0.25) is 0 Å². The highest BCUT2D eigenvalue weighted by atomic mass is 19.4. The van der Waals surface area contributed by atoms with E-state index < -0.39 is 24.7 Å². The predicted octanol–water partition coefficient (Wildman–Crippen LogP) is 3.02. The minimum atomic E-state index is -4.35. The maximum Gasteiger partial charge on any atom is 0.401 e. The van der Waals surface area contributed by atoms with E-state index in [1.165, 1.54) is 0 Å². The van der Waals surface area contributed by atoms with Gasteiger partial charge in [0.05, 0.1) is 19.2 Å². The summed E-state index contributed by atoms with van der Waals surface area (Å²) in [6, 6.07) is 6.59. The molecule has 24 heavy (non-hydrogen) atoms. The van der Waals surface area contributed by atoms with E-state index in [-0.39, 0.29) is 12.5 Å². The fraction of sp³-hybridized carbons (Fsp3) is 0.588. The molecule has 1 aromatic rings. The van der Waals surface area contributed by atoms with Crippen LogP contribution in [0, 0.1) is 5.92 Å². The van der Waals surface area contributed by atoms with E-state index in [0.29, 0.717) is 13.2 Å². The summed E-state index contributed by atoms with van der Waals surface area (Å²) >= 11 is 0. The first-order valence-corrected chi connectivity index (χ1v) is 7.97. The largest absolute Gasteiger partial charge is 0.401 e. The Morgan fingerprint density at radius 1 is 1.21 bits per heavy atom. The summed E-state index contributed by atoms with van der Waals surface area (Å²) in [4.78, 5) is 12.2. The van der Waals surface area contributed by atoms with Gasteiger partial charge in [0, 0.05) is 13.2 Å². The van der Waals surface area contributed by atoms with Crippen LogP contribution in [0.3, 0.4) is 0 Å². The second kappa shape index (κ2) is 9.64. The van der Waals surface area contributed by atoms with Gasteiger partial charge < -0.3 is 10.1 Å². The molecule has 0 radical (unpaired) electrons. The van der Waals surface area contributed by atoms with Crippen molar-refractivity contribution in [1.29, 1.82) is 0 Å². The van der Waals surface area contributed by atoms with Gasteiger partial charge in [-0.25, -0.2) is 0 Å². The molecule has 0 saturated carbocycles. The van der Waals surface area contributed by atoms with Crippen LogP contribution in [0.1, 0.15) is 31.9 Å². The monoisotopic (exact) mass is 346 g/mol. The summed E-state index contributed by atoms with van der Waals surface area (Å²) < 4.78 is 42.4. The highest BCUT2D eigenvalue weighted by Gasteiger charge is 2.31. The van der Waals surface area contributed by atoms with E-state index in [1.54, 1.807) is 13.8 Å². The molecule has 0 unspecified atom stereocenters. The third-order valence-electron chi connectivity index (χ3n) is 3.50. The van der Waals surface area contributed by atoms with Gasteiger partial charge >= 0.3 is 6.18 Å². The normalized spacial score (nSPS) is 13.1. The predicted molar refractivity (Wildman–Crippen MR) is 86.3 cm³/mol. The average Bonchev–Trinajstić information content (AvgIpc) is 2.50. The first kappa shape index (κ1) is 20.4. The van der Waals surface area contributed by atoms with Crippen LogP contribution in [-0.4, -0.2) is 31.3 Å². The molecule has 0 fully saturated rings. The third-order valence-corrected chi connectivity index (χ3v) is 3.50. The molecule has 1 atom stereocenters. The Balaban J connectivity index is 2.65. The van der Waals surface area contributed by atoms with Crippen molar-refractivity contribution in [3.63, 3.8) is 0 Å². The minimum Gasteiger partial charge on any atom is -0.377 e. The van der Waals surface area contributed by atoms with Crippen molar-refractivity contribution in [3.8, 4) is 0 Å². The molecule has 0 bridgehead atoms. The number of hydrogen-bond acceptors (Lipinski definition) is 3. The molecular weight excluding hydrogens is 321 g/mol.